The first-order valence-electron chi connectivity index (χ1n) is 5.85. The molecule has 0 saturated carbocycles. The van der Waals surface area contributed by atoms with E-state index in [0.29, 0.717) is 5.02 Å². The molecule has 0 aromatic heterocycles. The summed E-state index contributed by atoms with van der Waals surface area (Å²) in [4.78, 5) is 11.6. The summed E-state index contributed by atoms with van der Waals surface area (Å²) < 4.78 is 0. The largest absolute Gasteiger partial charge is 0.336 e. The van der Waals surface area contributed by atoms with Crippen LogP contribution in [-0.2, 0) is 0 Å². The van der Waals surface area contributed by atoms with E-state index in [2.05, 4.69) is 10.6 Å². The second kappa shape index (κ2) is 6.50. The molecule has 0 fully saturated rings. The zero-order valence-electron chi connectivity index (χ0n) is 10.5. The smallest absolute Gasteiger partial charge is 0.315 e. The van der Waals surface area contributed by atoms with Crippen LogP contribution in [0.1, 0.15) is 38.8 Å². The van der Waals surface area contributed by atoms with Gasteiger partial charge >= 0.3 is 6.03 Å². The minimum Gasteiger partial charge on any atom is -0.336 e. The number of rotatable bonds is 4. The monoisotopic (exact) mass is 254 g/mol. The Hall–Kier alpha value is -1.22. The number of halogens is 1. The minimum atomic E-state index is -0.137. The maximum absolute atomic E-state index is 11.6. The maximum atomic E-state index is 11.6. The van der Waals surface area contributed by atoms with Crippen molar-refractivity contribution in [1.29, 1.82) is 0 Å². The van der Waals surface area contributed by atoms with Crippen LogP contribution in [0, 0.1) is 0 Å². The number of hydrogen-bond donors (Lipinski definition) is 2. The molecule has 3 nitrogen and oxygen atoms in total. The molecule has 94 valence electrons. The highest BCUT2D eigenvalue weighted by molar-refractivity contribution is 6.30. The van der Waals surface area contributed by atoms with E-state index in [9.17, 15) is 4.79 Å². The lowest BCUT2D eigenvalue weighted by Crippen LogP contribution is -2.41. The Kier molecular flexibility index (Phi) is 5.29. The zero-order chi connectivity index (χ0) is 12.8. The molecule has 0 unspecified atom stereocenters. The Morgan fingerprint density at radius 1 is 1.24 bits per heavy atom. The van der Waals surface area contributed by atoms with Gasteiger partial charge in [0, 0.05) is 11.1 Å². The van der Waals surface area contributed by atoms with Gasteiger partial charge in [0.15, 0.2) is 0 Å². The van der Waals surface area contributed by atoms with Crippen LogP contribution in [0.25, 0.3) is 0 Å². The molecule has 0 saturated heterocycles. The first kappa shape index (κ1) is 13.8. The molecule has 0 radical (unpaired) electrons. The number of carbonyl (C=O) groups is 1. The third-order valence-corrected chi connectivity index (χ3v) is 2.96. The average molecular weight is 255 g/mol. The molecule has 2 atom stereocenters. The number of amides is 2. The van der Waals surface area contributed by atoms with E-state index in [4.69, 9.17) is 11.6 Å². The first-order chi connectivity index (χ1) is 8.02. The van der Waals surface area contributed by atoms with E-state index in [1.807, 2.05) is 45.0 Å². The SMILES string of the molecule is CC[C@@H](C)NC(=O)N[C@@H](C)c1ccc(Cl)cc1. The molecule has 0 aliphatic heterocycles. The number of urea groups is 1. The van der Waals surface area contributed by atoms with Crippen molar-refractivity contribution in [2.24, 2.45) is 0 Å². The molecule has 0 bridgehead atoms. The van der Waals surface area contributed by atoms with Crippen LogP contribution in [0.2, 0.25) is 5.02 Å². The number of carbonyl (C=O) groups excluding carboxylic acids is 1. The molecule has 4 heteroatoms. The summed E-state index contributed by atoms with van der Waals surface area (Å²) in [6.45, 7) is 5.96. The Morgan fingerprint density at radius 3 is 2.35 bits per heavy atom. The van der Waals surface area contributed by atoms with Crippen molar-refractivity contribution in [3.63, 3.8) is 0 Å². The summed E-state index contributed by atoms with van der Waals surface area (Å²) in [6, 6.07) is 7.49. The van der Waals surface area contributed by atoms with Crippen LogP contribution in [0.4, 0.5) is 4.79 Å². The van der Waals surface area contributed by atoms with Crippen molar-refractivity contribution in [3.05, 3.63) is 34.9 Å². The normalized spacial score (nSPS) is 13.9. The van der Waals surface area contributed by atoms with Crippen molar-refractivity contribution in [1.82, 2.24) is 10.6 Å². The molecule has 1 rings (SSSR count). The summed E-state index contributed by atoms with van der Waals surface area (Å²) in [7, 11) is 0. The third-order valence-electron chi connectivity index (χ3n) is 2.71. The van der Waals surface area contributed by atoms with Crippen LogP contribution < -0.4 is 10.6 Å². The number of benzene rings is 1. The second-order valence-electron chi connectivity index (χ2n) is 4.20. The quantitative estimate of drug-likeness (QED) is 0.848. The van der Waals surface area contributed by atoms with E-state index in [-0.39, 0.29) is 18.1 Å². The molecule has 2 amide bonds. The fourth-order valence-electron chi connectivity index (χ4n) is 1.40. The van der Waals surface area contributed by atoms with Gasteiger partial charge in [-0.25, -0.2) is 4.79 Å². The highest BCUT2D eigenvalue weighted by Gasteiger charge is 2.10. The fourth-order valence-corrected chi connectivity index (χ4v) is 1.52. The minimum absolute atomic E-state index is 0.0312. The van der Waals surface area contributed by atoms with Gasteiger partial charge < -0.3 is 10.6 Å². The van der Waals surface area contributed by atoms with E-state index >= 15 is 0 Å². The highest BCUT2D eigenvalue weighted by atomic mass is 35.5. The summed E-state index contributed by atoms with van der Waals surface area (Å²) in [5.41, 5.74) is 1.04. The maximum Gasteiger partial charge on any atom is 0.315 e. The van der Waals surface area contributed by atoms with Gasteiger partial charge in [0.2, 0.25) is 0 Å². The van der Waals surface area contributed by atoms with Crippen molar-refractivity contribution in [2.45, 2.75) is 39.3 Å². The molecule has 1 aromatic carbocycles. The predicted molar refractivity (Wildman–Crippen MR) is 71.3 cm³/mol. The van der Waals surface area contributed by atoms with Gasteiger partial charge in [0.1, 0.15) is 0 Å². The summed E-state index contributed by atoms with van der Waals surface area (Å²) >= 11 is 5.81. The molecule has 17 heavy (non-hydrogen) atoms. The fraction of sp³-hybridized carbons (Fsp3) is 0.462. The lowest BCUT2D eigenvalue weighted by Gasteiger charge is -2.17. The topological polar surface area (TPSA) is 41.1 Å². The van der Waals surface area contributed by atoms with Crippen LogP contribution >= 0.6 is 11.6 Å². The lowest BCUT2D eigenvalue weighted by molar-refractivity contribution is 0.234. The standard InChI is InChI=1S/C13H19ClN2O/c1-4-9(2)15-13(17)16-10(3)11-5-7-12(14)8-6-11/h5-10H,4H2,1-3H3,(H2,15,16,17)/t9-,10+/m1/s1. The molecule has 1 aromatic rings. The van der Waals surface area contributed by atoms with Gasteiger partial charge in [0.05, 0.1) is 6.04 Å². The van der Waals surface area contributed by atoms with Gasteiger partial charge in [-0.05, 0) is 38.0 Å². The van der Waals surface area contributed by atoms with Crippen LogP contribution in [-0.4, -0.2) is 12.1 Å². The number of nitrogens with one attached hydrogen (secondary N) is 2. The van der Waals surface area contributed by atoms with Crippen LogP contribution in [0.3, 0.4) is 0 Å². The predicted octanol–water partition coefficient (Wildman–Crippen LogP) is 3.50. The van der Waals surface area contributed by atoms with Gasteiger partial charge in [0.25, 0.3) is 0 Å². The van der Waals surface area contributed by atoms with Gasteiger partial charge in [-0.1, -0.05) is 30.7 Å². The van der Waals surface area contributed by atoms with E-state index in [1.165, 1.54) is 0 Å². The summed E-state index contributed by atoms with van der Waals surface area (Å²) in [5.74, 6) is 0. The van der Waals surface area contributed by atoms with Gasteiger partial charge in [-0.3, -0.25) is 0 Å². The molecule has 0 aliphatic rings. The Bertz CT molecular complexity index is 364. The summed E-state index contributed by atoms with van der Waals surface area (Å²) in [6.07, 6.45) is 0.919. The first-order valence-corrected chi connectivity index (χ1v) is 6.23. The lowest BCUT2D eigenvalue weighted by atomic mass is 10.1. The Balaban J connectivity index is 2.51. The van der Waals surface area contributed by atoms with Crippen molar-refractivity contribution >= 4 is 17.6 Å². The molecular weight excluding hydrogens is 236 g/mol. The van der Waals surface area contributed by atoms with Crippen molar-refractivity contribution in [2.75, 3.05) is 0 Å². The average Bonchev–Trinajstić information content (AvgIpc) is 2.29. The second-order valence-corrected chi connectivity index (χ2v) is 4.64. The van der Waals surface area contributed by atoms with E-state index < -0.39 is 0 Å². The molecular formula is C13H19ClN2O. The van der Waals surface area contributed by atoms with E-state index in [0.717, 1.165) is 12.0 Å². The highest BCUT2D eigenvalue weighted by Crippen LogP contribution is 2.15. The molecule has 0 aliphatic carbocycles. The molecule has 2 N–H and O–H groups in total. The Morgan fingerprint density at radius 2 is 1.82 bits per heavy atom. The summed E-state index contributed by atoms with van der Waals surface area (Å²) in [5, 5.41) is 6.45. The molecule has 0 spiro atoms. The van der Waals surface area contributed by atoms with E-state index in [1.54, 1.807) is 0 Å². The van der Waals surface area contributed by atoms with Crippen LogP contribution in [0.5, 0.6) is 0 Å². The third kappa shape index (κ3) is 4.65. The van der Waals surface area contributed by atoms with Gasteiger partial charge in [-0.15, -0.1) is 0 Å². The van der Waals surface area contributed by atoms with Crippen molar-refractivity contribution in [3.8, 4) is 0 Å². The zero-order valence-corrected chi connectivity index (χ0v) is 11.2. The Labute approximate surface area is 108 Å². The number of hydrogen-bond acceptors (Lipinski definition) is 1. The molecule has 0 heterocycles. The van der Waals surface area contributed by atoms with Crippen LogP contribution in [0.15, 0.2) is 24.3 Å². The van der Waals surface area contributed by atoms with Gasteiger partial charge in [-0.2, -0.15) is 0 Å². The van der Waals surface area contributed by atoms with Crippen molar-refractivity contribution < 1.29 is 4.79 Å².